The van der Waals surface area contributed by atoms with Crippen molar-refractivity contribution in [3.63, 3.8) is 0 Å². The van der Waals surface area contributed by atoms with Gasteiger partial charge in [0.15, 0.2) is 11.5 Å². The van der Waals surface area contributed by atoms with Crippen LogP contribution in [0.5, 0.6) is 28.7 Å². The molecule has 0 saturated heterocycles. The van der Waals surface area contributed by atoms with Crippen LogP contribution in [-0.2, 0) is 6.42 Å². The normalized spacial score (nSPS) is 14.3. The Hall–Kier alpha value is -3.87. The van der Waals surface area contributed by atoms with E-state index >= 15 is 0 Å². The summed E-state index contributed by atoms with van der Waals surface area (Å²) >= 11 is 0. The van der Waals surface area contributed by atoms with E-state index in [4.69, 9.17) is 9.15 Å². The van der Waals surface area contributed by atoms with Crippen molar-refractivity contribution in [2.45, 2.75) is 40.2 Å². The molecular formula is C25H24O7. The van der Waals surface area contributed by atoms with Gasteiger partial charge in [-0.2, -0.15) is 0 Å². The molecule has 1 unspecified atom stereocenters. The van der Waals surface area contributed by atoms with Gasteiger partial charge in [0.25, 0.3) is 0 Å². The van der Waals surface area contributed by atoms with Crippen molar-refractivity contribution >= 4 is 11.0 Å². The average Bonchev–Trinajstić information content (AvgIpc) is 2.67. The van der Waals surface area contributed by atoms with Gasteiger partial charge in [0.1, 0.15) is 40.1 Å². The highest BCUT2D eigenvalue weighted by molar-refractivity contribution is 5.89. The van der Waals surface area contributed by atoms with Crippen LogP contribution in [0, 0.1) is 0 Å². The molecule has 0 aliphatic carbocycles. The highest BCUT2D eigenvalue weighted by atomic mass is 16.5. The molecule has 0 amide bonds. The number of allylic oxidation sites excluding steroid dienone is 3. The van der Waals surface area contributed by atoms with Crippen LogP contribution >= 0.6 is 0 Å². The zero-order valence-corrected chi connectivity index (χ0v) is 18.2. The van der Waals surface area contributed by atoms with Crippen molar-refractivity contribution in [2.75, 3.05) is 0 Å². The van der Waals surface area contributed by atoms with E-state index in [9.17, 15) is 25.2 Å². The van der Waals surface area contributed by atoms with E-state index < -0.39 is 17.3 Å². The first-order valence-electron chi connectivity index (χ1n) is 10.1. The molecule has 4 N–H and O–H groups in total. The van der Waals surface area contributed by atoms with Crippen molar-refractivity contribution < 1.29 is 29.6 Å². The molecule has 2 aromatic carbocycles. The molecule has 0 bridgehead atoms. The van der Waals surface area contributed by atoms with Crippen molar-refractivity contribution in [1.82, 2.24) is 0 Å². The quantitative estimate of drug-likeness (QED) is 0.329. The highest BCUT2D eigenvalue weighted by Gasteiger charge is 2.35. The van der Waals surface area contributed by atoms with Gasteiger partial charge in [0.2, 0.25) is 5.43 Å². The zero-order valence-electron chi connectivity index (χ0n) is 18.2. The van der Waals surface area contributed by atoms with Gasteiger partial charge >= 0.3 is 0 Å². The molecule has 0 fully saturated rings. The van der Waals surface area contributed by atoms with Crippen molar-refractivity contribution in [3.05, 3.63) is 62.8 Å². The molecule has 0 saturated carbocycles. The molecule has 1 atom stereocenters. The van der Waals surface area contributed by atoms with E-state index in [2.05, 4.69) is 0 Å². The molecule has 4 rings (SSSR count). The smallest absolute Gasteiger partial charge is 0.204 e. The molecule has 7 nitrogen and oxygen atoms in total. The van der Waals surface area contributed by atoms with Crippen LogP contribution in [0.1, 0.15) is 44.9 Å². The van der Waals surface area contributed by atoms with Crippen LogP contribution in [0.4, 0.5) is 0 Å². The third-order valence-electron chi connectivity index (χ3n) is 5.30. The summed E-state index contributed by atoms with van der Waals surface area (Å²) < 4.78 is 12.2. The molecule has 1 aliphatic heterocycles. The van der Waals surface area contributed by atoms with Gasteiger partial charge in [-0.3, -0.25) is 4.79 Å². The fraction of sp³-hybridized carbons (Fsp3) is 0.240. The number of ether oxygens (including phenoxy) is 1. The van der Waals surface area contributed by atoms with Crippen LogP contribution in [0.15, 0.2) is 50.7 Å². The molecule has 0 radical (unpaired) electrons. The summed E-state index contributed by atoms with van der Waals surface area (Å²) in [6.07, 6.45) is 3.08. The number of hydrogen-bond donors (Lipinski definition) is 4. The molecule has 1 aromatic heterocycles. The van der Waals surface area contributed by atoms with E-state index in [1.807, 2.05) is 33.8 Å². The predicted molar refractivity (Wildman–Crippen MR) is 121 cm³/mol. The molecule has 7 heteroatoms. The number of phenolic OH excluding ortho intramolecular Hbond substituents is 4. The second-order valence-corrected chi connectivity index (χ2v) is 8.38. The van der Waals surface area contributed by atoms with Crippen LogP contribution < -0.4 is 10.2 Å². The molecule has 1 aliphatic rings. The van der Waals surface area contributed by atoms with Crippen LogP contribution in [-0.4, -0.2) is 20.4 Å². The number of hydrogen-bond acceptors (Lipinski definition) is 7. The summed E-state index contributed by atoms with van der Waals surface area (Å²) in [6, 6.07) is 3.60. The fourth-order valence-electron chi connectivity index (χ4n) is 3.86. The molecule has 3 aromatic rings. The van der Waals surface area contributed by atoms with Gasteiger partial charge in [0.05, 0.1) is 11.1 Å². The Bertz CT molecular complexity index is 1370. The molecule has 0 spiro atoms. The number of fused-ring (bicyclic) bond motifs is 4. The van der Waals surface area contributed by atoms with E-state index in [0.29, 0.717) is 23.3 Å². The van der Waals surface area contributed by atoms with Crippen molar-refractivity contribution in [1.29, 1.82) is 0 Å². The van der Waals surface area contributed by atoms with Gasteiger partial charge in [0, 0.05) is 17.7 Å². The SMILES string of the molecule is CC(C)=CCc1c(O)c(O)cc2c1OC(C=C(C)C)c1c-2oc2cc(O)cc(O)c2c1=O. The molecule has 166 valence electrons. The lowest BCUT2D eigenvalue weighted by Crippen LogP contribution is -2.23. The monoisotopic (exact) mass is 436 g/mol. The summed E-state index contributed by atoms with van der Waals surface area (Å²) in [5.41, 5.74) is 2.20. The summed E-state index contributed by atoms with van der Waals surface area (Å²) in [5.74, 6) is -0.915. The largest absolute Gasteiger partial charge is 0.508 e. The van der Waals surface area contributed by atoms with Gasteiger partial charge in [-0.05, 0) is 46.3 Å². The second-order valence-electron chi connectivity index (χ2n) is 8.38. The van der Waals surface area contributed by atoms with Gasteiger partial charge < -0.3 is 29.6 Å². The number of aromatic hydroxyl groups is 4. The molecular weight excluding hydrogens is 412 g/mol. The maximum Gasteiger partial charge on any atom is 0.204 e. The molecule has 2 heterocycles. The van der Waals surface area contributed by atoms with E-state index in [1.165, 1.54) is 12.1 Å². The average molecular weight is 436 g/mol. The Labute approximate surface area is 184 Å². The minimum Gasteiger partial charge on any atom is -0.508 e. The second kappa shape index (κ2) is 7.67. The maximum atomic E-state index is 13.4. The number of benzene rings is 2. The van der Waals surface area contributed by atoms with Crippen LogP contribution in [0.3, 0.4) is 0 Å². The fourth-order valence-corrected chi connectivity index (χ4v) is 3.86. The summed E-state index contributed by atoms with van der Waals surface area (Å²) in [5, 5.41) is 41.0. The van der Waals surface area contributed by atoms with Gasteiger partial charge in [-0.1, -0.05) is 17.2 Å². The van der Waals surface area contributed by atoms with Crippen molar-refractivity contribution in [3.8, 4) is 40.1 Å². The number of phenols is 4. The standard InChI is InChI=1S/C25H24O7/c1-11(2)5-6-14-22(29)17(28)10-15-24(14)31-18(7-12(3)4)21-23(30)20-16(27)8-13(26)9-19(20)32-25(15)21/h5,7-10,18,26-29H,6H2,1-4H3. The molecule has 32 heavy (non-hydrogen) atoms. The predicted octanol–water partition coefficient (Wildman–Crippen LogP) is 5.19. The minimum atomic E-state index is -0.842. The zero-order chi connectivity index (χ0) is 23.3. The first-order chi connectivity index (χ1) is 15.1. The van der Waals surface area contributed by atoms with Gasteiger partial charge in [-0.25, -0.2) is 0 Å². The Morgan fingerprint density at radius 3 is 2.38 bits per heavy atom. The first-order valence-corrected chi connectivity index (χ1v) is 10.1. The Balaban J connectivity index is 2.13. The topological polar surface area (TPSA) is 120 Å². The Kier molecular flexibility index (Phi) is 5.12. The lowest BCUT2D eigenvalue weighted by molar-refractivity contribution is 0.240. The lowest BCUT2D eigenvalue weighted by atomic mass is 9.92. The Morgan fingerprint density at radius 2 is 1.72 bits per heavy atom. The minimum absolute atomic E-state index is 0.00605. The van der Waals surface area contributed by atoms with Gasteiger partial charge in [-0.15, -0.1) is 0 Å². The van der Waals surface area contributed by atoms with Crippen LogP contribution in [0.2, 0.25) is 0 Å². The highest BCUT2D eigenvalue weighted by Crippen LogP contribution is 2.51. The third kappa shape index (κ3) is 3.45. The summed E-state index contributed by atoms with van der Waals surface area (Å²) in [4.78, 5) is 13.4. The maximum absolute atomic E-state index is 13.4. The number of rotatable bonds is 3. The Morgan fingerprint density at radius 1 is 1.00 bits per heavy atom. The summed E-state index contributed by atoms with van der Waals surface area (Å²) in [7, 11) is 0. The van der Waals surface area contributed by atoms with E-state index in [0.717, 1.165) is 17.2 Å². The lowest BCUT2D eigenvalue weighted by Gasteiger charge is -2.28. The van der Waals surface area contributed by atoms with Crippen LogP contribution in [0.25, 0.3) is 22.3 Å². The van der Waals surface area contributed by atoms with Crippen molar-refractivity contribution in [2.24, 2.45) is 0 Å². The van der Waals surface area contributed by atoms with E-state index in [-0.39, 0.29) is 39.5 Å². The third-order valence-corrected chi connectivity index (χ3v) is 5.30. The van der Waals surface area contributed by atoms with E-state index in [1.54, 1.807) is 6.08 Å². The first kappa shape index (κ1) is 21.4. The summed E-state index contributed by atoms with van der Waals surface area (Å²) in [6.45, 7) is 7.54.